The molecule has 2 rings (SSSR count). The van der Waals surface area contributed by atoms with Gasteiger partial charge in [-0.1, -0.05) is 5.10 Å². The largest absolute Gasteiger partial charge is 0.358 e. The molecule has 0 saturated heterocycles. The Morgan fingerprint density at radius 1 is 1.77 bits per heavy atom. The molecule has 1 fully saturated rings. The fraction of sp³-hybridized carbons (Fsp3) is 0.571. The van der Waals surface area contributed by atoms with Crippen molar-refractivity contribution in [3.63, 3.8) is 0 Å². The molecule has 0 atom stereocenters. The van der Waals surface area contributed by atoms with Crippen LogP contribution in [-0.2, 0) is 5.41 Å². The van der Waals surface area contributed by atoms with E-state index in [0.29, 0.717) is 12.1 Å². The Kier molecular flexibility index (Phi) is 1.59. The lowest BCUT2D eigenvalue weighted by atomic mass is 9.99. The van der Waals surface area contributed by atoms with Gasteiger partial charge in [-0.15, -0.1) is 5.10 Å². The number of nitrogens with zero attached hydrogens (tertiary/aromatic N) is 2. The van der Waals surface area contributed by atoms with Crippen molar-refractivity contribution in [3.05, 3.63) is 21.9 Å². The van der Waals surface area contributed by atoms with E-state index in [4.69, 9.17) is 5.73 Å². The van der Waals surface area contributed by atoms with E-state index in [0.717, 1.165) is 12.8 Å². The van der Waals surface area contributed by atoms with Gasteiger partial charge in [-0.2, -0.15) is 0 Å². The van der Waals surface area contributed by atoms with Crippen LogP contribution in [0.15, 0.2) is 6.20 Å². The summed E-state index contributed by atoms with van der Waals surface area (Å²) in [5.74, 6) is -0.0112. The summed E-state index contributed by atoms with van der Waals surface area (Å²) in [6.45, 7) is 0.452. The lowest BCUT2D eigenvalue weighted by molar-refractivity contribution is -0.390. The predicted molar refractivity (Wildman–Crippen MR) is 45.2 cm³/mol. The highest BCUT2D eigenvalue weighted by molar-refractivity contribution is 5.41. The van der Waals surface area contributed by atoms with Crippen LogP contribution in [0.3, 0.4) is 0 Å². The van der Waals surface area contributed by atoms with Gasteiger partial charge in [0.15, 0.2) is 0 Å². The zero-order valence-electron chi connectivity index (χ0n) is 6.99. The molecule has 3 N–H and O–H groups in total. The van der Waals surface area contributed by atoms with Gasteiger partial charge in [0.25, 0.3) is 0 Å². The Labute approximate surface area is 74.3 Å². The molecule has 6 nitrogen and oxygen atoms in total. The zero-order valence-corrected chi connectivity index (χ0v) is 6.99. The van der Waals surface area contributed by atoms with Crippen LogP contribution in [0, 0.1) is 10.1 Å². The Morgan fingerprint density at radius 2 is 2.46 bits per heavy atom. The highest BCUT2D eigenvalue weighted by atomic mass is 16.6. The van der Waals surface area contributed by atoms with Crippen LogP contribution in [0.5, 0.6) is 0 Å². The summed E-state index contributed by atoms with van der Waals surface area (Å²) in [5, 5.41) is 16.6. The Bertz CT molecular complexity index is 342. The van der Waals surface area contributed by atoms with Crippen molar-refractivity contribution < 1.29 is 4.92 Å². The Balaban J connectivity index is 2.40. The maximum atomic E-state index is 10.6. The molecule has 0 amide bonds. The van der Waals surface area contributed by atoms with Crippen molar-refractivity contribution >= 4 is 5.82 Å². The lowest BCUT2D eigenvalue weighted by Crippen LogP contribution is -2.20. The predicted octanol–water partition coefficient (Wildman–Crippen LogP) is 0.308. The van der Waals surface area contributed by atoms with Crippen LogP contribution in [-0.4, -0.2) is 21.7 Å². The summed E-state index contributed by atoms with van der Waals surface area (Å²) in [4.78, 5) is 10.1. The first-order valence-corrected chi connectivity index (χ1v) is 4.08. The van der Waals surface area contributed by atoms with Crippen molar-refractivity contribution in [3.8, 4) is 0 Å². The first-order valence-electron chi connectivity index (χ1n) is 4.08. The van der Waals surface area contributed by atoms with E-state index in [1.165, 1.54) is 6.20 Å². The van der Waals surface area contributed by atoms with Crippen LogP contribution in [0.2, 0.25) is 0 Å². The van der Waals surface area contributed by atoms with Crippen LogP contribution < -0.4 is 5.73 Å². The van der Waals surface area contributed by atoms with Gasteiger partial charge in [0.2, 0.25) is 0 Å². The van der Waals surface area contributed by atoms with E-state index < -0.39 is 4.92 Å². The fourth-order valence-electron chi connectivity index (χ4n) is 1.54. The Morgan fingerprint density at radius 3 is 2.92 bits per heavy atom. The molecule has 70 valence electrons. The normalized spacial score (nSPS) is 18.5. The minimum atomic E-state index is -0.446. The molecule has 13 heavy (non-hydrogen) atoms. The van der Waals surface area contributed by atoms with Crippen molar-refractivity contribution in [1.29, 1.82) is 0 Å². The topological polar surface area (TPSA) is 97.8 Å². The molecule has 1 heterocycles. The number of nitrogens with one attached hydrogen (secondary N) is 1. The molecule has 0 spiro atoms. The quantitative estimate of drug-likeness (QED) is 0.519. The van der Waals surface area contributed by atoms with Gasteiger partial charge in [0.1, 0.15) is 0 Å². The number of rotatable bonds is 3. The van der Waals surface area contributed by atoms with Crippen LogP contribution in [0.4, 0.5) is 5.82 Å². The minimum Gasteiger partial charge on any atom is -0.358 e. The van der Waals surface area contributed by atoms with Gasteiger partial charge >= 0.3 is 5.82 Å². The first kappa shape index (κ1) is 8.18. The number of aromatic nitrogens is 2. The molecule has 0 aliphatic heterocycles. The second-order valence-electron chi connectivity index (χ2n) is 3.37. The average molecular weight is 182 g/mol. The molecule has 1 aromatic rings. The third kappa shape index (κ3) is 1.10. The summed E-state index contributed by atoms with van der Waals surface area (Å²) in [6.07, 6.45) is 3.35. The molecule has 0 bridgehead atoms. The van der Waals surface area contributed by atoms with Crippen molar-refractivity contribution in [1.82, 2.24) is 10.2 Å². The highest BCUT2D eigenvalue weighted by Crippen LogP contribution is 2.49. The SMILES string of the molecule is NCC1(c2cn[nH]c2[N+](=O)[O-])CC1. The maximum Gasteiger partial charge on any atom is 0.346 e. The summed E-state index contributed by atoms with van der Waals surface area (Å²) in [5.41, 5.74) is 6.05. The molecule has 0 unspecified atom stereocenters. The minimum absolute atomic E-state index is 0.0112. The summed E-state index contributed by atoms with van der Waals surface area (Å²) >= 11 is 0. The van der Waals surface area contributed by atoms with E-state index in [9.17, 15) is 10.1 Å². The number of H-pyrrole nitrogens is 1. The summed E-state index contributed by atoms with van der Waals surface area (Å²) < 4.78 is 0. The second kappa shape index (κ2) is 2.53. The van der Waals surface area contributed by atoms with Crippen LogP contribution in [0.1, 0.15) is 18.4 Å². The number of hydrogen-bond acceptors (Lipinski definition) is 4. The molecule has 0 aromatic carbocycles. The van der Waals surface area contributed by atoms with Gasteiger partial charge in [-0.25, -0.2) is 0 Å². The average Bonchev–Trinajstić information content (AvgIpc) is 2.74. The van der Waals surface area contributed by atoms with Crippen molar-refractivity contribution in [2.75, 3.05) is 6.54 Å². The van der Waals surface area contributed by atoms with Gasteiger partial charge in [-0.3, -0.25) is 0 Å². The van der Waals surface area contributed by atoms with E-state index in [1.54, 1.807) is 0 Å². The van der Waals surface area contributed by atoms with Crippen molar-refractivity contribution in [2.24, 2.45) is 5.73 Å². The monoisotopic (exact) mass is 182 g/mol. The summed E-state index contributed by atoms with van der Waals surface area (Å²) in [7, 11) is 0. The van der Waals surface area contributed by atoms with E-state index in [-0.39, 0.29) is 11.2 Å². The molecular formula is C7H10N4O2. The summed E-state index contributed by atoms with van der Waals surface area (Å²) in [6, 6.07) is 0. The molecular weight excluding hydrogens is 172 g/mol. The fourth-order valence-corrected chi connectivity index (χ4v) is 1.54. The smallest absolute Gasteiger partial charge is 0.346 e. The lowest BCUT2D eigenvalue weighted by Gasteiger charge is -2.08. The Hall–Kier alpha value is -1.43. The van der Waals surface area contributed by atoms with Gasteiger partial charge in [0, 0.05) is 12.0 Å². The number of nitro groups is 1. The third-order valence-corrected chi connectivity index (χ3v) is 2.62. The van der Waals surface area contributed by atoms with Gasteiger partial charge < -0.3 is 15.8 Å². The molecule has 1 aliphatic carbocycles. The number of hydrogen-bond donors (Lipinski definition) is 2. The third-order valence-electron chi connectivity index (χ3n) is 2.62. The van der Waals surface area contributed by atoms with E-state index in [2.05, 4.69) is 10.2 Å². The highest BCUT2D eigenvalue weighted by Gasteiger charge is 2.47. The molecule has 1 aromatic heterocycles. The molecule has 1 aliphatic rings. The van der Waals surface area contributed by atoms with Crippen LogP contribution in [0.25, 0.3) is 0 Å². The van der Waals surface area contributed by atoms with Crippen molar-refractivity contribution in [2.45, 2.75) is 18.3 Å². The molecule has 0 radical (unpaired) electrons. The van der Waals surface area contributed by atoms with E-state index >= 15 is 0 Å². The van der Waals surface area contributed by atoms with Crippen LogP contribution >= 0.6 is 0 Å². The molecule has 6 heteroatoms. The molecule has 1 saturated carbocycles. The van der Waals surface area contributed by atoms with Gasteiger partial charge in [-0.05, 0) is 17.8 Å². The number of aromatic amines is 1. The van der Waals surface area contributed by atoms with E-state index in [1.807, 2.05) is 0 Å². The number of nitrogens with two attached hydrogens (primary N) is 1. The maximum absolute atomic E-state index is 10.6. The zero-order chi connectivity index (χ0) is 9.47. The first-order chi connectivity index (χ1) is 6.19. The van der Waals surface area contributed by atoms with Gasteiger partial charge in [0.05, 0.1) is 11.8 Å². The standard InChI is InChI=1S/C7H10N4O2/c8-4-7(1-2-7)5-3-9-10-6(5)11(12)13/h3H,1-2,4,8H2,(H,9,10). The second-order valence-corrected chi connectivity index (χ2v) is 3.37.